The number of hydrogen-bond donors (Lipinski definition) is 0. The third kappa shape index (κ3) is 2.92. The second-order valence-corrected chi connectivity index (χ2v) is 6.03. The molecule has 18 heavy (non-hydrogen) atoms. The normalized spacial score (nSPS) is 10.4. The molecule has 0 aliphatic rings. The van der Waals surface area contributed by atoms with E-state index in [-0.39, 0.29) is 0 Å². The lowest BCUT2D eigenvalue weighted by molar-refractivity contribution is 0.112. The molecule has 94 valence electrons. The van der Waals surface area contributed by atoms with E-state index in [0.29, 0.717) is 5.56 Å². The van der Waals surface area contributed by atoms with Gasteiger partial charge in [0.1, 0.15) is 6.29 Å². The van der Waals surface area contributed by atoms with E-state index in [1.807, 2.05) is 44.3 Å². The van der Waals surface area contributed by atoms with E-state index in [4.69, 9.17) is 11.6 Å². The maximum atomic E-state index is 10.7. The van der Waals surface area contributed by atoms with Crippen molar-refractivity contribution in [3.8, 4) is 0 Å². The van der Waals surface area contributed by atoms with Crippen molar-refractivity contribution in [2.24, 2.45) is 0 Å². The smallest absolute Gasteiger partial charge is 0.150 e. The van der Waals surface area contributed by atoms with Gasteiger partial charge in [-0.2, -0.15) is 0 Å². The number of carbonyl (C=O) groups is 1. The van der Waals surface area contributed by atoms with Crippen LogP contribution in [0.25, 0.3) is 0 Å². The van der Waals surface area contributed by atoms with E-state index >= 15 is 0 Å². The van der Waals surface area contributed by atoms with Crippen molar-refractivity contribution >= 4 is 34.9 Å². The van der Waals surface area contributed by atoms with Gasteiger partial charge in [0.25, 0.3) is 0 Å². The first-order valence-electron chi connectivity index (χ1n) is 5.61. The van der Waals surface area contributed by atoms with Gasteiger partial charge in [-0.05, 0) is 42.8 Å². The predicted molar refractivity (Wildman–Crippen MR) is 78.0 cm³/mol. The molecule has 0 saturated heterocycles. The number of hydrogen-bond acceptors (Lipinski definition) is 3. The SMILES string of the molecule is Cc1cc(C=O)ccc1N(C)Cc1ccc(Cl)s1. The molecule has 2 nitrogen and oxygen atoms in total. The average Bonchev–Trinajstić information content (AvgIpc) is 2.74. The molecule has 0 saturated carbocycles. The third-order valence-corrected chi connectivity index (χ3v) is 4.01. The molecular formula is C14H14ClNOS. The van der Waals surface area contributed by atoms with Crippen molar-refractivity contribution in [1.29, 1.82) is 0 Å². The minimum Gasteiger partial charge on any atom is -0.369 e. The van der Waals surface area contributed by atoms with Crippen molar-refractivity contribution in [2.45, 2.75) is 13.5 Å². The summed E-state index contributed by atoms with van der Waals surface area (Å²) in [6.07, 6.45) is 0.871. The van der Waals surface area contributed by atoms with Crippen LogP contribution in [-0.4, -0.2) is 13.3 Å². The highest BCUT2D eigenvalue weighted by Gasteiger charge is 2.07. The molecule has 0 fully saturated rings. The van der Waals surface area contributed by atoms with Crippen molar-refractivity contribution in [2.75, 3.05) is 11.9 Å². The van der Waals surface area contributed by atoms with Crippen LogP contribution in [0.4, 0.5) is 5.69 Å². The fourth-order valence-corrected chi connectivity index (χ4v) is 3.08. The van der Waals surface area contributed by atoms with Gasteiger partial charge in [0.2, 0.25) is 0 Å². The molecule has 0 aliphatic carbocycles. The zero-order chi connectivity index (χ0) is 13.1. The zero-order valence-electron chi connectivity index (χ0n) is 10.3. The minimum absolute atomic E-state index is 0.712. The lowest BCUT2D eigenvalue weighted by atomic mass is 10.1. The third-order valence-electron chi connectivity index (χ3n) is 2.79. The first kappa shape index (κ1) is 13.1. The summed E-state index contributed by atoms with van der Waals surface area (Å²) in [6, 6.07) is 9.68. The average molecular weight is 280 g/mol. The summed E-state index contributed by atoms with van der Waals surface area (Å²) in [5.74, 6) is 0. The number of nitrogens with zero attached hydrogens (tertiary/aromatic N) is 1. The number of carbonyl (C=O) groups excluding carboxylic acids is 1. The first-order chi connectivity index (χ1) is 8.60. The molecule has 0 radical (unpaired) electrons. The highest BCUT2D eigenvalue weighted by atomic mass is 35.5. The molecule has 1 aromatic heterocycles. The summed E-state index contributed by atoms with van der Waals surface area (Å²) < 4.78 is 0.812. The van der Waals surface area contributed by atoms with E-state index in [9.17, 15) is 4.79 Å². The van der Waals surface area contributed by atoms with Crippen LogP contribution >= 0.6 is 22.9 Å². The van der Waals surface area contributed by atoms with Gasteiger partial charge < -0.3 is 4.90 Å². The van der Waals surface area contributed by atoms with Gasteiger partial charge in [-0.1, -0.05) is 11.6 Å². The predicted octanol–water partition coefficient (Wildman–Crippen LogP) is 4.16. The second kappa shape index (κ2) is 5.55. The van der Waals surface area contributed by atoms with Gasteiger partial charge in [-0.3, -0.25) is 4.79 Å². The first-order valence-corrected chi connectivity index (χ1v) is 6.81. The largest absolute Gasteiger partial charge is 0.369 e. The molecule has 0 amide bonds. The number of benzene rings is 1. The van der Waals surface area contributed by atoms with Gasteiger partial charge in [-0.15, -0.1) is 11.3 Å². The van der Waals surface area contributed by atoms with Crippen LogP contribution < -0.4 is 4.90 Å². The number of aldehydes is 1. The summed E-state index contributed by atoms with van der Waals surface area (Å²) in [6.45, 7) is 2.83. The van der Waals surface area contributed by atoms with Crippen molar-refractivity contribution in [1.82, 2.24) is 0 Å². The molecule has 0 aliphatic heterocycles. The van der Waals surface area contributed by atoms with E-state index in [0.717, 1.165) is 28.4 Å². The van der Waals surface area contributed by atoms with Crippen molar-refractivity contribution in [3.05, 3.63) is 50.7 Å². The summed E-state index contributed by atoms with van der Waals surface area (Å²) >= 11 is 7.51. The monoisotopic (exact) mass is 279 g/mol. The Morgan fingerprint density at radius 2 is 2.11 bits per heavy atom. The van der Waals surface area contributed by atoms with Crippen molar-refractivity contribution in [3.63, 3.8) is 0 Å². The van der Waals surface area contributed by atoms with E-state index in [1.165, 1.54) is 4.88 Å². The van der Waals surface area contributed by atoms with Gasteiger partial charge in [0.05, 0.1) is 10.9 Å². The molecule has 1 aromatic carbocycles. The van der Waals surface area contributed by atoms with Gasteiger partial charge in [-0.25, -0.2) is 0 Å². The molecule has 0 bridgehead atoms. The summed E-state index contributed by atoms with van der Waals surface area (Å²) in [4.78, 5) is 14.1. The number of rotatable bonds is 4. The summed E-state index contributed by atoms with van der Waals surface area (Å²) in [5, 5.41) is 0. The molecule has 0 unspecified atom stereocenters. The van der Waals surface area contributed by atoms with Crippen LogP contribution in [0.2, 0.25) is 4.34 Å². The van der Waals surface area contributed by atoms with Crippen LogP contribution in [-0.2, 0) is 6.54 Å². The Morgan fingerprint density at radius 3 is 2.67 bits per heavy atom. The zero-order valence-corrected chi connectivity index (χ0v) is 11.9. The maximum absolute atomic E-state index is 10.7. The Kier molecular flexibility index (Phi) is 4.04. The number of aryl methyl sites for hydroxylation is 1. The molecule has 2 aromatic rings. The maximum Gasteiger partial charge on any atom is 0.150 e. The molecule has 0 spiro atoms. The molecule has 2 rings (SSSR count). The summed E-state index contributed by atoms with van der Waals surface area (Å²) in [5.41, 5.74) is 2.94. The second-order valence-electron chi connectivity index (χ2n) is 4.23. The highest BCUT2D eigenvalue weighted by Crippen LogP contribution is 2.26. The Labute approximate surface area is 116 Å². The molecular weight excluding hydrogens is 266 g/mol. The molecule has 0 atom stereocenters. The lowest BCUT2D eigenvalue weighted by Crippen LogP contribution is -2.16. The Hall–Kier alpha value is -1.32. The fourth-order valence-electron chi connectivity index (χ4n) is 1.94. The van der Waals surface area contributed by atoms with Crippen LogP contribution in [0.3, 0.4) is 0 Å². The summed E-state index contributed by atoms with van der Waals surface area (Å²) in [7, 11) is 2.04. The van der Waals surface area contributed by atoms with Crippen LogP contribution in [0.1, 0.15) is 20.8 Å². The standard InChI is InChI=1S/C14H14ClNOS/c1-10-7-11(9-17)3-5-13(10)16(2)8-12-4-6-14(15)18-12/h3-7,9H,8H2,1-2H3. The van der Waals surface area contributed by atoms with E-state index in [2.05, 4.69) is 4.90 Å². The van der Waals surface area contributed by atoms with Gasteiger partial charge in [0.15, 0.2) is 0 Å². The number of anilines is 1. The number of halogens is 1. The van der Waals surface area contributed by atoms with Crippen LogP contribution in [0.15, 0.2) is 30.3 Å². The Morgan fingerprint density at radius 1 is 1.33 bits per heavy atom. The van der Waals surface area contributed by atoms with Gasteiger partial charge in [0, 0.05) is 23.2 Å². The van der Waals surface area contributed by atoms with E-state index < -0.39 is 0 Å². The quantitative estimate of drug-likeness (QED) is 0.783. The van der Waals surface area contributed by atoms with Crippen LogP contribution in [0.5, 0.6) is 0 Å². The molecule has 1 heterocycles. The number of thiophene rings is 1. The van der Waals surface area contributed by atoms with E-state index in [1.54, 1.807) is 11.3 Å². The molecule has 0 N–H and O–H groups in total. The Balaban J connectivity index is 2.18. The van der Waals surface area contributed by atoms with Gasteiger partial charge >= 0.3 is 0 Å². The lowest BCUT2D eigenvalue weighted by Gasteiger charge is -2.20. The van der Waals surface area contributed by atoms with Crippen LogP contribution in [0, 0.1) is 6.92 Å². The topological polar surface area (TPSA) is 20.3 Å². The molecule has 4 heteroatoms. The Bertz CT molecular complexity index is 565. The van der Waals surface area contributed by atoms with Crippen molar-refractivity contribution < 1.29 is 4.79 Å². The fraction of sp³-hybridized carbons (Fsp3) is 0.214. The highest BCUT2D eigenvalue weighted by molar-refractivity contribution is 7.16. The minimum atomic E-state index is 0.712.